The first-order valence-corrected chi connectivity index (χ1v) is 11.6. The number of halogens is 1. The number of amides is 1. The van der Waals surface area contributed by atoms with Gasteiger partial charge in [0.1, 0.15) is 5.52 Å². The Hall–Kier alpha value is -3.31. The molecule has 1 aliphatic carbocycles. The summed E-state index contributed by atoms with van der Waals surface area (Å²) in [5, 5.41) is 12.5. The maximum atomic E-state index is 12.9. The summed E-state index contributed by atoms with van der Waals surface area (Å²) in [5.74, 6) is -0.800. The van der Waals surface area contributed by atoms with Crippen molar-refractivity contribution in [3.05, 3.63) is 35.4 Å². The number of carboxylic acids is 1. The molecule has 1 aromatic carbocycles. The van der Waals surface area contributed by atoms with Crippen LogP contribution in [0.2, 0.25) is 5.28 Å². The number of carbonyl (C=O) groups excluding carboxylic acids is 1. The fraction of sp³-hybridized carbons (Fsp3) is 0.333. The van der Waals surface area contributed by atoms with Crippen molar-refractivity contribution >= 4 is 67.1 Å². The third-order valence-corrected chi connectivity index (χ3v) is 7.02. The van der Waals surface area contributed by atoms with Crippen LogP contribution in [-0.4, -0.2) is 41.5 Å². The molecule has 12 heteroatoms. The number of imidazole rings is 1. The fourth-order valence-corrected chi connectivity index (χ4v) is 5.41. The molecule has 3 aromatic heterocycles. The van der Waals surface area contributed by atoms with Crippen LogP contribution in [0.25, 0.3) is 21.4 Å². The quantitative estimate of drug-likeness (QED) is 0.362. The number of nitrogens with one attached hydrogen (secondary N) is 1. The summed E-state index contributed by atoms with van der Waals surface area (Å²) < 4.78 is 2.81. The number of anilines is 2. The molecule has 0 atom stereocenters. The molecule has 170 valence electrons. The highest BCUT2D eigenvalue weighted by atomic mass is 35.5. The highest BCUT2D eigenvalue weighted by Crippen LogP contribution is 2.35. The molecule has 0 aliphatic heterocycles. The Labute approximate surface area is 196 Å². The number of thiazole rings is 1. The molecular weight excluding hydrogens is 466 g/mol. The van der Waals surface area contributed by atoms with Crippen LogP contribution in [0.3, 0.4) is 0 Å². The van der Waals surface area contributed by atoms with E-state index in [4.69, 9.17) is 22.4 Å². The van der Waals surface area contributed by atoms with Crippen molar-refractivity contribution in [3.63, 3.8) is 0 Å². The molecule has 0 radical (unpaired) electrons. The molecule has 1 fully saturated rings. The first kappa shape index (κ1) is 21.5. The molecule has 0 unspecified atom stereocenters. The second kappa shape index (κ2) is 8.56. The van der Waals surface area contributed by atoms with Gasteiger partial charge in [0.05, 0.1) is 23.0 Å². The minimum absolute atomic E-state index is 0.0458. The maximum absolute atomic E-state index is 12.9. The van der Waals surface area contributed by atoms with E-state index in [1.165, 1.54) is 11.3 Å². The molecule has 10 nitrogen and oxygen atoms in total. The number of carboxylic acid groups (broad SMARTS) is 1. The molecule has 0 spiro atoms. The van der Waals surface area contributed by atoms with Crippen LogP contribution >= 0.6 is 22.9 Å². The van der Waals surface area contributed by atoms with E-state index in [-0.39, 0.29) is 35.4 Å². The van der Waals surface area contributed by atoms with E-state index in [0.29, 0.717) is 21.9 Å². The van der Waals surface area contributed by atoms with Crippen LogP contribution < -0.4 is 11.1 Å². The van der Waals surface area contributed by atoms with Gasteiger partial charge < -0.3 is 20.7 Å². The number of hydrogen-bond donors (Lipinski definition) is 3. The SMILES string of the molecule is Nc1nc(Cl)nc2c1ncn2C1CCC(C(=O)Nc2nc3ccc(CC(=O)O)cc3s2)CC1. The Morgan fingerprint density at radius 3 is 2.76 bits per heavy atom. The van der Waals surface area contributed by atoms with Gasteiger partial charge in [-0.05, 0) is 55.0 Å². The van der Waals surface area contributed by atoms with E-state index < -0.39 is 5.97 Å². The lowest BCUT2D eigenvalue weighted by molar-refractivity contribution is -0.136. The normalized spacial score (nSPS) is 18.6. The Kier molecular flexibility index (Phi) is 5.59. The summed E-state index contributed by atoms with van der Waals surface area (Å²) in [6, 6.07) is 5.48. The van der Waals surface area contributed by atoms with Crippen molar-refractivity contribution in [3.8, 4) is 0 Å². The second-order valence-electron chi connectivity index (χ2n) is 8.09. The van der Waals surface area contributed by atoms with Crippen molar-refractivity contribution < 1.29 is 14.7 Å². The average Bonchev–Trinajstić information content (AvgIpc) is 3.36. The van der Waals surface area contributed by atoms with E-state index in [2.05, 4.69) is 25.3 Å². The minimum atomic E-state index is -0.884. The molecule has 1 saturated carbocycles. The average molecular weight is 486 g/mol. The summed E-state index contributed by atoms with van der Waals surface area (Å²) in [7, 11) is 0. The van der Waals surface area contributed by atoms with Crippen LogP contribution in [-0.2, 0) is 16.0 Å². The molecule has 1 amide bonds. The monoisotopic (exact) mass is 485 g/mol. The fourth-order valence-electron chi connectivity index (χ4n) is 4.31. The minimum Gasteiger partial charge on any atom is -0.481 e. The summed E-state index contributed by atoms with van der Waals surface area (Å²) >= 11 is 7.31. The van der Waals surface area contributed by atoms with Crippen LogP contribution in [0.5, 0.6) is 0 Å². The molecule has 0 bridgehead atoms. The van der Waals surface area contributed by atoms with Crippen LogP contribution in [0.1, 0.15) is 37.3 Å². The van der Waals surface area contributed by atoms with Gasteiger partial charge >= 0.3 is 5.97 Å². The largest absolute Gasteiger partial charge is 0.481 e. The lowest BCUT2D eigenvalue weighted by atomic mass is 9.85. The Morgan fingerprint density at radius 1 is 1.21 bits per heavy atom. The molecule has 1 aliphatic rings. The van der Waals surface area contributed by atoms with Gasteiger partial charge in [-0.15, -0.1) is 0 Å². The molecule has 4 aromatic rings. The van der Waals surface area contributed by atoms with E-state index >= 15 is 0 Å². The zero-order valence-electron chi connectivity index (χ0n) is 17.4. The molecule has 33 heavy (non-hydrogen) atoms. The van der Waals surface area contributed by atoms with Gasteiger partial charge in [-0.1, -0.05) is 17.4 Å². The van der Waals surface area contributed by atoms with Crippen LogP contribution in [0.15, 0.2) is 24.5 Å². The predicted octanol–water partition coefficient (Wildman–Crippen LogP) is 3.67. The smallest absolute Gasteiger partial charge is 0.307 e. The summed E-state index contributed by atoms with van der Waals surface area (Å²) in [6.45, 7) is 0. The number of carbonyl (C=O) groups is 2. The number of benzene rings is 1. The van der Waals surface area contributed by atoms with E-state index in [1.54, 1.807) is 24.5 Å². The Balaban J connectivity index is 1.24. The molecule has 4 N–H and O–H groups in total. The lowest BCUT2D eigenvalue weighted by Gasteiger charge is -2.28. The van der Waals surface area contributed by atoms with E-state index in [0.717, 1.165) is 35.9 Å². The molecule has 3 heterocycles. The number of nitrogens with two attached hydrogens (primary N) is 1. The number of aliphatic carboxylic acids is 1. The first-order chi connectivity index (χ1) is 15.9. The summed E-state index contributed by atoms with van der Waals surface area (Å²) in [4.78, 5) is 40.8. The predicted molar refractivity (Wildman–Crippen MR) is 125 cm³/mol. The van der Waals surface area contributed by atoms with Crippen molar-refractivity contribution in [1.29, 1.82) is 0 Å². The standard InChI is InChI=1S/C21H20ClN7O3S/c22-20-26-17(23)16-18(27-20)29(9-24-16)12-4-2-11(3-5-12)19(32)28-21-25-13-6-1-10(8-15(30)31)7-14(13)33-21/h1,6-7,9,11-12H,2-5,8H2,(H,30,31)(H2,23,26,27)(H,25,28,32). The number of rotatable bonds is 5. The third-order valence-electron chi connectivity index (χ3n) is 5.92. The van der Waals surface area contributed by atoms with Crippen molar-refractivity contribution in [2.45, 2.75) is 38.1 Å². The lowest BCUT2D eigenvalue weighted by Crippen LogP contribution is -2.28. The molecule has 5 rings (SSSR count). The van der Waals surface area contributed by atoms with Crippen molar-refractivity contribution in [2.75, 3.05) is 11.1 Å². The number of nitrogen functional groups attached to an aromatic ring is 1. The molecule has 0 saturated heterocycles. The topological polar surface area (TPSA) is 149 Å². The van der Waals surface area contributed by atoms with Crippen molar-refractivity contribution in [1.82, 2.24) is 24.5 Å². The summed E-state index contributed by atoms with van der Waals surface area (Å²) in [6.07, 6.45) is 4.69. The summed E-state index contributed by atoms with van der Waals surface area (Å²) in [5.41, 5.74) is 8.47. The number of hydrogen-bond acceptors (Lipinski definition) is 8. The van der Waals surface area contributed by atoms with Crippen LogP contribution in [0, 0.1) is 5.92 Å². The van der Waals surface area contributed by atoms with Crippen LogP contribution in [0.4, 0.5) is 10.9 Å². The van der Waals surface area contributed by atoms with Gasteiger partial charge in [0.15, 0.2) is 16.6 Å². The van der Waals surface area contributed by atoms with Gasteiger partial charge in [-0.25, -0.2) is 9.97 Å². The Morgan fingerprint density at radius 2 is 2.00 bits per heavy atom. The number of nitrogens with zero attached hydrogens (tertiary/aromatic N) is 5. The van der Waals surface area contributed by atoms with Gasteiger partial charge in [-0.3, -0.25) is 9.59 Å². The highest BCUT2D eigenvalue weighted by Gasteiger charge is 2.29. The van der Waals surface area contributed by atoms with Gasteiger partial charge in [-0.2, -0.15) is 9.97 Å². The Bertz CT molecular complexity index is 1380. The molecular formula is C21H20ClN7O3S. The van der Waals surface area contributed by atoms with Gasteiger partial charge in [0, 0.05) is 12.0 Å². The van der Waals surface area contributed by atoms with E-state index in [9.17, 15) is 9.59 Å². The van der Waals surface area contributed by atoms with E-state index in [1.807, 2.05) is 4.57 Å². The third kappa shape index (κ3) is 4.33. The van der Waals surface area contributed by atoms with Crippen molar-refractivity contribution in [2.24, 2.45) is 5.92 Å². The highest BCUT2D eigenvalue weighted by molar-refractivity contribution is 7.22. The number of aromatic nitrogens is 5. The maximum Gasteiger partial charge on any atom is 0.307 e. The van der Waals surface area contributed by atoms with Gasteiger partial charge in [0.25, 0.3) is 0 Å². The second-order valence-corrected chi connectivity index (χ2v) is 9.46. The number of fused-ring (bicyclic) bond motifs is 2. The zero-order valence-corrected chi connectivity index (χ0v) is 18.9. The van der Waals surface area contributed by atoms with Gasteiger partial charge in [0.2, 0.25) is 11.2 Å². The first-order valence-electron chi connectivity index (χ1n) is 10.4. The zero-order chi connectivity index (χ0) is 23.1.